The topological polar surface area (TPSA) is 3.24 Å². The number of hydrogen-bond acceptors (Lipinski definition) is 1. The van der Waals surface area contributed by atoms with Crippen LogP contribution in [0.4, 0.5) is 17.1 Å². The van der Waals surface area contributed by atoms with E-state index in [0.29, 0.717) is 0 Å². The van der Waals surface area contributed by atoms with Crippen LogP contribution in [0, 0.1) is 0 Å². The van der Waals surface area contributed by atoms with Crippen LogP contribution in [0.2, 0.25) is 0 Å². The van der Waals surface area contributed by atoms with Gasteiger partial charge in [0.2, 0.25) is 0 Å². The maximum atomic E-state index is 2.55. The van der Waals surface area contributed by atoms with Crippen molar-refractivity contribution in [3.63, 3.8) is 0 Å². The summed E-state index contributed by atoms with van der Waals surface area (Å²) in [6.07, 6.45) is 6.25. The molecule has 1 spiro atoms. The summed E-state index contributed by atoms with van der Waals surface area (Å²) in [7, 11) is 0. The molecule has 0 atom stereocenters. The van der Waals surface area contributed by atoms with Crippen LogP contribution in [-0.2, 0) is 10.8 Å². The van der Waals surface area contributed by atoms with Crippen LogP contribution in [0.5, 0.6) is 0 Å². The lowest BCUT2D eigenvalue weighted by molar-refractivity contribution is 0.353. The molecule has 0 unspecified atom stereocenters. The molecule has 0 heterocycles. The maximum Gasteiger partial charge on any atom is 0.0468 e. The molecule has 3 aliphatic rings. The Morgan fingerprint density at radius 3 is 1.50 bits per heavy atom. The number of nitrogens with zero attached hydrogens (tertiary/aromatic N) is 1. The average molecular weight is 822 g/mol. The quantitative estimate of drug-likeness (QED) is 0.155. The van der Waals surface area contributed by atoms with Gasteiger partial charge in [-0.3, -0.25) is 0 Å². The van der Waals surface area contributed by atoms with Crippen LogP contribution in [0.15, 0.2) is 212 Å². The van der Waals surface area contributed by atoms with Crippen molar-refractivity contribution < 1.29 is 0 Å². The SMILES string of the molecule is CC1(C)c2ccccc2-c2cccc(-c3ccc(N(c4ccc(-c5ccc(-c6ccccc6)cc5)c(-c5ccccc5)c4)c4ccc5c(c4)C4(CCCCC4)c4ccccc4-5)cc3)c21. The predicted octanol–water partition coefficient (Wildman–Crippen LogP) is 17.4. The van der Waals surface area contributed by atoms with E-state index in [4.69, 9.17) is 0 Å². The highest BCUT2D eigenvalue weighted by atomic mass is 15.1. The van der Waals surface area contributed by atoms with Crippen LogP contribution < -0.4 is 4.90 Å². The van der Waals surface area contributed by atoms with Crippen LogP contribution in [0.3, 0.4) is 0 Å². The zero-order chi connectivity index (χ0) is 42.8. The van der Waals surface area contributed by atoms with Gasteiger partial charge in [-0.2, -0.15) is 0 Å². The second-order valence-electron chi connectivity index (χ2n) is 18.7. The normalized spacial score (nSPS) is 15.0. The third kappa shape index (κ3) is 6.13. The van der Waals surface area contributed by atoms with Gasteiger partial charge in [0.1, 0.15) is 0 Å². The molecule has 1 nitrogen and oxygen atoms in total. The Labute approximate surface area is 378 Å². The second kappa shape index (κ2) is 15.2. The molecule has 64 heavy (non-hydrogen) atoms. The Morgan fingerprint density at radius 1 is 0.312 bits per heavy atom. The number of benzene rings is 9. The molecule has 0 N–H and O–H groups in total. The van der Waals surface area contributed by atoms with Crippen molar-refractivity contribution in [2.45, 2.75) is 56.8 Å². The van der Waals surface area contributed by atoms with Crippen LogP contribution >= 0.6 is 0 Å². The summed E-state index contributed by atoms with van der Waals surface area (Å²) in [6, 6.07) is 79.5. The first kappa shape index (κ1) is 38.5. The molecule has 1 heteroatoms. The fourth-order valence-corrected chi connectivity index (χ4v) is 11.9. The van der Waals surface area contributed by atoms with Gasteiger partial charge in [0, 0.05) is 27.9 Å². The molecule has 0 bridgehead atoms. The number of fused-ring (bicyclic) bond motifs is 8. The highest BCUT2D eigenvalue weighted by Crippen LogP contribution is 2.57. The second-order valence-corrected chi connectivity index (χ2v) is 18.7. The third-order valence-corrected chi connectivity index (χ3v) is 14.9. The summed E-state index contributed by atoms with van der Waals surface area (Å²) >= 11 is 0. The minimum absolute atomic E-state index is 0.0543. The third-order valence-electron chi connectivity index (χ3n) is 14.9. The van der Waals surface area contributed by atoms with E-state index in [2.05, 4.69) is 231 Å². The van der Waals surface area contributed by atoms with Crippen molar-refractivity contribution in [2.75, 3.05) is 4.90 Å². The van der Waals surface area contributed by atoms with E-state index in [-0.39, 0.29) is 10.8 Å². The Morgan fingerprint density at radius 2 is 0.781 bits per heavy atom. The monoisotopic (exact) mass is 821 g/mol. The lowest BCUT2D eigenvalue weighted by atomic mass is 9.68. The predicted molar refractivity (Wildman–Crippen MR) is 270 cm³/mol. The minimum atomic E-state index is -0.0955. The molecule has 9 aromatic rings. The number of anilines is 3. The summed E-state index contributed by atoms with van der Waals surface area (Å²) in [5, 5.41) is 0. The first-order valence-corrected chi connectivity index (χ1v) is 23.2. The standard InChI is InChI=1S/C63H51N/c1-62(2)58-25-12-10-22-54(58)56-24-16-23-52(61(56)62)47-31-33-48(34-32-47)64(50-36-38-55-53-21-11-13-26-59(53)63(60(55)42-50)39-14-5-15-40-63)49-35-37-51(57(41-49)45-19-8-4-9-20-45)46-29-27-44(28-30-46)43-17-6-3-7-18-43/h3-4,6-13,16-38,41-42H,5,14-15,39-40H2,1-2H3. The lowest BCUT2D eigenvalue weighted by Crippen LogP contribution is -2.28. The summed E-state index contributed by atoms with van der Waals surface area (Å²) in [6.45, 7) is 4.77. The van der Waals surface area contributed by atoms with E-state index in [1.54, 1.807) is 0 Å². The molecule has 0 saturated heterocycles. The van der Waals surface area contributed by atoms with Crippen LogP contribution in [0.25, 0.3) is 66.8 Å². The van der Waals surface area contributed by atoms with Crippen molar-refractivity contribution in [3.05, 3.63) is 235 Å². The molecule has 9 aromatic carbocycles. The molecular weight excluding hydrogens is 771 g/mol. The smallest absolute Gasteiger partial charge is 0.0468 e. The summed E-state index contributed by atoms with van der Waals surface area (Å²) in [5.41, 5.74) is 24.6. The Hall–Kier alpha value is -7.22. The van der Waals surface area contributed by atoms with Crippen molar-refractivity contribution in [1.29, 1.82) is 0 Å². The van der Waals surface area contributed by atoms with Crippen molar-refractivity contribution in [1.82, 2.24) is 0 Å². The van der Waals surface area contributed by atoms with E-state index in [0.717, 1.165) is 11.4 Å². The van der Waals surface area contributed by atoms with E-state index in [1.165, 1.54) is 127 Å². The molecule has 1 saturated carbocycles. The van der Waals surface area contributed by atoms with Crippen molar-refractivity contribution in [2.24, 2.45) is 0 Å². The zero-order valence-corrected chi connectivity index (χ0v) is 36.7. The summed E-state index contributed by atoms with van der Waals surface area (Å²) in [5.74, 6) is 0. The van der Waals surface area contributed by atoms with Gasteiger partial charge in [-0.05, 0) is 138 Å². The molecule has 12 rings (SSSR count). The van der Waals surface area contributed by atoms with E-state index in [1.807, 2.05) is 0 Å². The maximum absolute atomic E-state index is 2.55. The largest absolute Gasteiger partial charge is 0.310 e. The lowest BCUT2D eigenvalue weighted by Gasteiger charge is -2.36. The highest BCUT2D eigenvalue weighted by Gasteiger charge is 2.44. The average Bonchev–Trinajstić information content (AvgIpc) is 3.76. The Balaban J connectivity index is 1.02. The van der Waals surface area contributed by atoms with Crippen molar-refractivity contribution in [3.8, 4) is 66.8 Å². The van der Waals surface area contributed by atoms with E-state index < -0.39 is 0 Å². The summed E-state index contributed by atoms with van der Waals surface area (Å²) in [4.78, 5) is 2.51. The van der Waals surface area contributed by atoms with Gasteiger partial charge in [0.15, 0.2) is 0 Å². The van der Waals surface area contributed by atoms with Gasteiger partial charge >= 0.3 is 0 Å². The number of hydrogen-bond donors (Lipinski definition) is 0. The molecule has 308 valence electrons. The van der Waals surface area contributed by atoms with Gasteiger partial charge < -0.3 is 4.90 Å². The van der Waals surface area contributed by atoms with Gasteiger partial charge in [-0.15, -0.1) is 0 Å². The molecule has 0 aliphatic heterocycles. The minimum Gasteiger partial charge on any atom is -0.310 e. The van der Waals surface area contributed by atoms with Crippen LogP contribution in [-0.4, -0.2) is 0 Å². The Kier molecular flexibility index (Phi) is 9.16. The van der Waals surface area contributed by atoms with Crippen molar-refractivity contribution >= 4 is 17.1 Å². The van der Waals surface area contributed by atoms with Crippen LogP contribution in [0.1, 0.15) is 68.2 Å². The van der Waals surface area contributed by atoms with Gasteiger partial charge in [0.25, 0.3) is 0 Å². The van der Waals surface area contributed by atoms with Gasteiger partial charge in [-0.1, -0.05) is 209 Å². The zero-order valence-electron chi connectivity index (χ0n) is 36.7. The molecule has 0 radical (unpaired) electrons. The Bertz CT molecular complexity index is 3190. The molecule has 3 aliphatic carbocycles. The molecular formula is C63H51N. The number of rotatable bonds is 7. The van der Waals surface area contributed by atoms with E-state index in [9.17, 15) is 0 Å². The fraction of sp³-hybridized carbons (Fsp3) is 0.143. The first-order chi connectivity index (χ1) is 31.5. The molecule has 0 amide bonds. The van der Waals surface area contributed by atoms with Gasteiger partial charge in [0.05, 0.1) is 0 Å². The van der Waals surface area contributed by atoms with E-state index >= 15 is 0 Å². The summed E-state index contributed by atoms with van der Waals surface area (Å²) < 4.78 is 0. The molecule has 1 fully saturated rings. The van der Waals surface area contributed by atoms with Gasteiger partial charge in [-0.25, -0.2) is 0 Å². The fourth-order valence-electron chi connectivity index (χ4n) is 11.9. The first-order valence-electron chi connectivity index (χ1n) is 23.2. The highest BCUT2D eigenvalue weighted by molar-refractivity contribution is 5.92. The molecule has 0 aromatic heterocycles.